The van der Waals surface area contributed by atoms with E-state index < -0.39 is 0 Å². The second kappa shape index (κ2) is 7.18. The maximum Gasteiger partial charge on any atom is 0.261 e. The molecule has 9 heteroatoms. The van der Waals surface area contributed by atoms with Crippen LogP contribution in [0.3, 0.4) is 0 Å². The normalized spacial score (nSPS) is 12.4. The van der Waals surface area contributed by atoms with Crippen LogP contribution in [0.15, 0.2) is 47.6 Å². The van der Waals surface area contributed by atoms with E-state index in [1.54, 1.807) is 17.1 Å². The van der Waals surface area contributed by atoms with E-state index in [1.165, 1.54) is 6.20 Å². The van der Waals surface area contributed by atoms with Gasteiger partial charge in [0.15, 0.2) is 5.82 Å². The van der Waals surface area contributed by atoms with E-state index in [2.05, 4.69) is 44.0 Å². The fourth-order valence-corrected chi connectivity index (χ4v) is 3.05. The van der Waals surface area contributed by atoms with Crippen molar-refractivity contribution < 1.29 is 4.52 Å². The first-order valence-corrected chi connectivity index (χ1v) is 8.87. The monoisotopic (exact) mass is 376 g/mol. The summed E-state index contributed by atoms with van der Waals surface area (Å²) >= 11 is 0. The predicted octanol–water partition coefficient (Wildman–Crippen LogP) is 2.69. The Morgan fingerprint density at radius 3 is 2.43 bits per heavy atom. The Bertz CT molecular complexity index is 1070. The van der Waals surface area contributed by atoms with E-state index >= 15 is 0 Å². The Kier molecular flexibility index (Phi) is 4.56. The van der Waals surface area contributed by atoms with Gasteiger partial charge < -0.3 is 10.3 Å². The number of nitrogen functional groups attached to an aromatic ring is 1. The van der Waals surface area contributed by atoms with Gasteiger partial charge in [-0.1, -0.05) is 25.1 Å². The Morgan fingerprint density at radius 1 is 1.00 bits per heavy atom. The number of nitrogens with two attached hydrogens (primary N) is 1. The molecule has 28 heavy (non-hydrogen) atoms. The first kappa shape index (κ1) is 17.8. The van der Waals surface area contributed by atoms with Gasteiger partial charge >= 0.3 is 0 Å². The SMILES string of the molecule is CC(C)[C@H](c1ccc(-c2cnc(N)cn2)nc1)c1noc(-c2cnn(C)c2)n1. The Balaban J connectivity index is 1.63. The zero-order valence-corrected chi connectivity index (χ0v) is 15.8. The lowest BCUT2D eigenvalue weighted by Gasteiger charge is -2.17. The van der Waals surface area contributed by atoms with Crippen molar-refractivity contribution in [2.24, 2.45) is 13.0 Å². The molecule has 0 aliphatic rings. The van der Waals surface area contributed by atoms with E-state index in [4.69, 9.17) is 10.3 Å². The molecule has 0 aliphatic carbocycles. The molecule has 0 saturated carbocycles. The van der Waals surface area contributed by atoms with Gasteiger partial charge in [-0.3, -0.25) is 9.67 Å². The van der Waals surface area contributed by atoms with Crippen LogP contribution in [0.1, 0.15) is 31.2 Å². The van der Waals surface area contributed by atoms with E-state index in [1.807, 2.05) is 31.6 Å². The molecule has 9 nitrogen and oxygen atoms in total. The lowest BCUT2D eigenvalue weighted by molar-refractivity contribution is 0.409. The minimum Gasteiger partial charge on any atom is -0.382 e. The van der Waals surface area contributed by atoms with Crippen LogP contribution in [0.25, 0.3) is 22.8 Å². The topological polar surface area (TPSA) is 121 Å². The molecule has 142 valence electrons. The molecule has 0 spiro atoms. The quantitative estimate of drug-likeness (QED) is 0.564. The van der Waals surface area contributed by atoms with Crippen LogP contribution in [0.5, 0.6) is 0 Å². The van der Waals surface area contributed by atoms with Crippen molar-refractivity contribution in [2.45, 2.75) is 19.8 Å². The van der Waals surface area contributed by atoms with Crippen molar-refractivity contribution in [3.8, 4) is 22.8 Å². The fourth-order valence-electron chi connectivity index (χ4n) is 3.05. The first-order valence-electron chi connectivity index (χ1n) is 8.87. The maximum atomic E-state index is 5.59. The molecule has 2 N–H and O–H groups in total. The van der Waals surface area contributed by atoms with Crippen LogP contribution in [0.2, 0.25) is 0 Å². The largest absolute Gasteiger partial charge is 0.382 e. The van der Waals surface area contributed by atoms with E-state index in [9.17, 15) is 0 Å². The lowest BCUT2D eigenvalue weighted by atomic mass is 9.88. The summed E-state index contributed by atoms with van der Waals surface area (Å²) in [6.07, 6.45) is 8.48. The molecule has 0 fully saturated rings. The number of pyridine rings is 1. The second-order valence-corrected chi connectivity index (χ2v) is 6.89. The van der Waals surface area contributed by atoms with Crippen molar-refractivity contribution >= 4 is 5.82 Å². The highest BCUT2D eigenvalue weighted by Crippen LogP contribution is 2.31. The first-order chi connectivity index (χ1) is 13.5. The molecular formula is C19H20N8O. The summed E-state index contributed by atoms with van der Waals surface area (Å²) < 4.78 is 7.15. The third-order valence-corrected chi connectivity index (χ3v) is 4.42. The highest BCUT2D eigenvalue weighted by Gasteiger charge is 2.25. The van der Waals surface area contributed by atoms with Gasteiger partial charge in [0.05, 0.1) is 35.8 Å². The van der Waals surface area contributed by atoms with Crippen molar-refractivity contribution in [1.82, 2.24) is 34.9 Å². The Hall–Kier alpha value is -3.62. The van der Waals surface area contributed by atoms with Crippen molar-refractivity contribution in [3.63, 3.8) is 0 Å². The molecule has 4 aromatic rings. The van der Waals surface area contributed by atoms with Crippen LogP contribution >= 0.6 is 0 Å². The van der Waals surface area contributed by atoms with Crippen LogP contribution in [-0.2, 0) is 7.05 Å². The standard InChI is InChI=1S/C19H20N8O/c1-11(2)17(18-25-19(28-26-18)13-7-24-27(3)10-13)12-4-5-14(21-6-12)15-8-23-16(20)9-22-15/h4-11,17H,1-3H3,(H2,20,23)/t17-/m1/s1. The summed E-state index contributed by atoms with van der Waals surface area (Å²) in [5.74, 6) is 1.66. The summed E-state index contributed by atoms with van der Waals surface area (Å²) in [6.45, 7) is 4.23. The summed E-state index contributed by atoms with van der Waals surface area (Å²) in [7, 11) is 1.84. The summed E-state index contributed by atoms with van der Waals surface area (Å²) in [6, 6.07) is 3.91. The molecule has 1 atom stereocenters. The number of hydrogen-bond acceptors (Lipinski definition) is 8. The molecule has 0 saturated heterocycles. The highest BCUT2D eigenvalue weighted by atomic mass is 16.5. The molecule has 0 aromatic carbocycles. The maximum absolute atomic E-state index is 5.59. The van der Waals surface area contributed by atoms with Crippen molar-refractivity contribution in [2.75, 3.05) is 5.73 Å². The van der Waals surface area contributed by atoms with E-state index in [-0.39, 0.29) is 11.8 Å². The Morgan fingerprint density at radius 2 is 1.82 bits per heavy atom. The highest BCUT2D eigenvalue weighted by molar-refractivity contribution is 5.54. The van der Waals surface area contributed by atoms with Gasteiger partial charge in [0.2, 0.25) is 0 Å². The van der Waals surface area contributed by atoms with Crippen LogP contribution < -0.4 is 5.73 Å². The molecule has 0 amide bonds. The van der Waals surface area contributed by atoms with Crippen molar-refractivity contribution in [1.29, 1.82) is 0 Å². The summed E-state index contributed by atoms with van der Waals surface area (Å²) in [5.41, 5.74) is 8.77. The van der Waals surface area contributed by atoms with E-state index in [0.29, 0.717) is 23.2 Å². The fraction of sp³-hybridized carbons (Fsp3) is 0.263. The molecule has 0 unspecified atom stereocenters. The third kappa shape index (κ3) is 3.46. The number of nitrogens with zero attached hydrogens (tertiary/aromatic N) is 7. The minimum absolute atomic E-state index is 0.0479. The van der Waals surface area contributed by atoms with Gasteiger partial charge in [0.25, 0.3) is 5.89 Å². The molecular weight excluding hydrogens is 356 g/mol. The van der Waals surface area contributed by atoms with E-state index in [0.717, 1.165) is 16.8 Å². The van der Waals surface area contributed by atoms with Crippen LogP contribution in [0.4, 0.5) is 5.82 Å². The summed E-state index contributed by atoms with van der Waals surface area (Å²) in [5, 5.41) is 8.35. The molecule has 0 bridgehead atoms. The van der Waals surface area contributed by atoms with Crippen molar-refractivity contribution in [3.05, 3.63) is 54.5 Å². The summed E-state index contributed by atoms with van der Waals surface area (Å²) in [4.78, 5) is 17.4. The second-order valence-electron chi connectivity index (χ2n) is 6.89. The van der Waals surface area contributed by atoms with Gasteiger partial charge in [-0.2, -0.15) is 10.1 Å². The molecule has 4 heterocycles. The number of hydrogen-bond donors (Lipinski definition) is 1. The van der Waals surface area contributed by atoms with Crippen LogP contribution in [0, 0.1) is 5.92 Å². The Labute approximate surface area is 161 Å². The molecule has 0 aliphatic heterocycles. The average Bonchev–Trinajstić information content (AvgIpc) is 3.32. The third-order valence-electron chi connectivity index (χ3n) is 4.42. The number of aromatic nitrogens is 7. The van der Waals surface area contributed by atoms with Gasteiger partial charge in [-0.25, -0.2) is 9.97 Å². The predicted molar refractivity (Wildman–Crippen MR) is 103 cm³/mol. The average molecular weight is 376 g/mol. The smallest absolute Gasteiger partial charge is 0.261 e. The van der Waals surface area contributed by atoms with Gasteiger partial charge in [0.1, 0.15) is 11.5 Å². The number of rotatable bonds is 5. The lowest BCUT2D eigenvalue weighted by Crippen LogP contribution is -2.11. The molecule has 4 rings (SSSR count). The van der Waals surface area contributed by atoms with Crippen LogP contribution in [-0.4, -0.2) is 34.9 Å². The zero-order valence-electron chi connectivity index (χ0n) is 15.8. The zero-order chi connectivity index (χ0) is 19.7. The molecule has 4 aromatic heterocycles. The number of aryl methyl sites for hydroxylation is 1. The number of anilines is 1. The van der Waals surface area contributed by atoms with Gasteiger partial charge in [-0.15, -0.1) is 0 Å². The minimum atomic E-state index is -0.0479. The van der Waals surface area contributed by atoms with Gasteiger partial charge in [0, 0.05) is 19.4 Å². The van der Waals surface area contributed by atoms with Gasteiger partial charge in [-0.05, 0) is 17.5 Å². The molecule has 0 radical (unpaired) electrons.